The van der Waals surface area contributed by atoms with E-state index < -0.39 is 41.8 Å². The minimum absolute atomic E-state index is 0.0140. The van der Waals surface area contributed by atoms with Crippen LogP contribution in [0.5, 0.6) is 0 Å². The average molecular weight is 466 g/mol. The number of methoxy groups -OCH3 is 1. The molecule has 2 aromatic rings. The van der Waals surface area contributed by atoms with Gasteiger partial charge < -0.3 is 25.2 Å². The standard InChI is InChI=1S/C25H26N2O7/c1-33-21(28)12-20(22(29)30)27-23(31)25(10-11-25)14-26-24(32)34-13-19-17-8-4-2-6-15(17)16-7-3-5-9-18(16)19/h2-9,19-20H,10-14H2,1H3,(H,26,32)(H,27,31)(H,29,30)/t20-/m1/s1. The fourth-order valence-electron chi connectivity index (χ4n) is 4.29. The lowest BCUT2D eigenvalue weighted by Gasteiger charge is -2.20. The van der Waals surface area contributed by atoms with Crippen LogP contribution in [0.3, 0.4) is 0 Å². The van der Waals surface area contributed by atoms with E-state index in [0.717, 1.165) is 29.4 Å². The normalized spacial score (nSPS) is 15.9. The number of carboxylic acids is 1. The summed E-state index contributed by atoms with van der Waals surface area (Å²) in [6, 6.07) is 14.6. The molecule has 0 heterocycles. The monoisotopic (exact) mass is 466 g/mol. The van der Waals surface area contributed by atoms with E-state index >= 15 is 0 Å². The van der Waals surface area contributed by atoms with Crippen molar-refractivity contribution < 1.29 is 33.8 Å². The Morgan fingerprint density at radius 2 is 1.62 bits per heavy atom. The molecule has 2 aromatic carbocycles. The van der Waals surface area contributed by atoms with E-state index in [-0.39, 0.29) is 19.1 Å². The van der Waals surface area contributed by atoms with Crippen molar-refractivity contribution in [3.8, 4) is 11.1 Å². The second kappa shape index (κ2) is 9.54. The van der Waals surface area contributed by atoms with Gasteiger partial charge in [0.05, 0.1) is 18.9 Å². The Balaban J connectivity index is 1.32. The van der Waals surface area contributed by atoms with Gasteiger partial charge in [0.15, 0.2) is 0 Å². The number of esters is 1. The largest absolute Gasteiger partial charge is 0.480 e. The van der Waals surface area contributed by atoms with E-state index in [4.69, 9.17) is 4.74 Å². The first-order valence-corrected chi connectivity index (χ1v) is 11.0. The Morgan fingerprint density at radius 1 is 1.03 bits per heavy atom. The van der Waals surface area contributed by atoms with Crippen molar-refractivity contribution in [2.45, 2.75) is 31.2 Å². The Bertz CT molecular complexity index is 1080. The molecule has 0 saturated heterocycles. The van der Waals surface area contributed by atoms with E-state index in [9.17, 15) is 24.3 Å². The third kappa shape index (κ3) is 4.73. The summed E-state index contributed by atoms with van der Waals surface area (Å²) >= 11 is 0. The van der Waals surface area contributed by atoms with E-state index in [2.05, 4.69) is 15.4 Å². The number of hydrogen-bond donors (Lipinski definition) is 3. The van der Waals surface area contributed by atoms with Gasteiger partial charge >= 0.3 is 18.0 Å². The Morgan fingerprint density at radius 3 is 2.15 bits per heavy atom. The smallest absolute Gasteiger partial charge is 0.407 e. The highest BCUT2D eigenvalue weighted by Gasteiger charge is 2.51. The van der Waals surface area contributed by atoms with E-state index in [1.807, 2.05) is 48.5 Å². The van der Waals surface area contributed by atoms with Crippen molar-refractivity contribution in [2.24, 2.45) is 5.41 Å². The molecule has 0 aliphatic heterocycles. The molecule has 34 heavy (non-hydrogen) atoms. The predicted octanol–water partition coefficient (Wildman–Crippen LogP) is 2.44. The molecule has 0 bridgehead atoms. The molecule has 0 unspecified atom stereocenters. The Hall–Kier alpha value is -3.88. The summed E-state index contributed by atoms with van der Waals surface area (Å²) < 4.78 is 9.97. The maximum absolute atomic E-state index is 12.6. The summed E-state index contributed by atoms with van der Waals surface area (Å²) in [5, 5.41) is 14.3. The number of benzene rings is 2. The van der Waals surface area contributed by atoms with Crippen LogP contribution in [0, 0.1) is 5.41 Å². The number of ether oxygens (including phenoxy) is 2. The number of amides is 2. The molecule has 0 radical (unpaired) electrons. The highest BCUT2D eigenvalue weighted by Crippen LogP contribution is 2.46. The Labute approximate surface area is 196 Å². The van der Waals surface area contributed by atoms with Crippen LogP contribution in [0.4, 0.5) is 4.79 Å². The number of carboxylic acid groups (broad SMARTS) is 1. The van der Waals surface area contributed by atoms with Gasteiger partial charge in [-0.2, -0.15) is 0 Å². The van der Waals surface area contributed by atoms with Crippen molar-refractivity contribution in [2.75, 3.05) is 20.3 Å². The van der Waals surface area contributed by atoms with Gasteiger partial charge in [0, 0.05) is 12.5 Å². The highest BCUT2D eigenvalue weighted by atomic mass is 16.5. The quantitative estimate of drug-likeness (QED) is 0.484. The number of carbonyl (C=O) groups excluding carboxylic acids is 3. The topological polar surface area (TPSA) is 131 Å². The van der Waals surface area contributed by atoms with Crippen LogP contribution in [0.1, 0.15) is 36.3 Å². The molecule has 1 fully saturated rings. The van der Waals surface area contributed by atoms with Crippen molar-refractivity contribution >= 4 is 23.9 Å². The van der Waals surface area contributed by atoms with Crippen LogP contribution in [0.25, 0.3) is 11.1 Å². The number of nitrogens with one attached hydrogen (secondary N) is 2. The molecule has 2 aliphatic rings. The summed E-state index contributed by atoms with van der Waals surface area (Å²) in [6.07, 6.45) is -0.140. The predicted molar refractivity (Wildman–Crippen MR) is 121 cm³/mol. The van der Waals surface area contributed by atoms with Gasteiger partial charge in [0.2, 0.25) is 5.91 Å². The second-order valence-corrected chi connectivity index (χ2v) is 8.60. The molecule has 4 rings (SSSR count). The van der Waals surface area contributed by atoms with Crippen LogP contribution in [-0.4, -0.2) is 55.3 Å². The summed E-state index contributed by atoms with van der Waals surface area (Å²) in [6.45, 7) is 0.166. The van der Waals surface area contributed by atoms with Crippen molar-refractivity contribution in [1.29, 1.82) is 0 Å². The van der Waals surface area contributed by atoms with Gasteiger partial charge in [0.1, 0.15) is 12.6 Å². The number of fused-ring (bicyclic) bond motifs is 3. The van der Waals surface area contributed by atoms with Crippen molar-refractivity contribution in [3.63, 3.8) is 0 Å². The first-order chi connectivity index (χ1) is 16.3. The van der Waals surface area contributed by atoms with Gasteiger partial charge in [-0.3, -0.25) is 9.59 Å². The molecule has 0 aromatic heterocycles. The molecular formula is C25H26N2O7. The minimum atomic E-state index is -1.40. The number of carbonyl (C=O) groups is 4. The van der Waals surface area contributed by atoms with Gasteiger partial charge in [-0.1, -0.05) is 48.5 Å². The van der Waals surface area contributed by atoms with Crippen molar-refractivity contribution in [1.82, 2.24) is 10.6 Å². The van der Waals surface area contributed by atoms with E-state index in [1.165, 1.54) is 0 Å². The van der Waals surface area contributed by atoms with Gasteiger partial charge in [-0.25, -0.2) is 9.59 Å². The summed E-state index contributed by atoms with van der Waals surface area (Å²) in [5.74, 6) is -2.68. The third-order valence-corrected chi connectivity index (χ3v) is 6.45. The summed E-state index contributed by atoms with van der Waals surface area (Å²) in [7, 11) is 1.14. The maximum atomic E-state index is 12.6. The van der Waals surface area contributed by atoms with Gasteiger partial charge in [-0.05, 0) is 35.1 Å². The van der Waals surface area contributed by atoms with Crippen molar-refractivity contribution in [3.05, 3.63) is 59.7 Å². The molecular weight excluding hydrogens is 440 g/mol. The molecule has 2 amide bonds. The lowest BCUT2D eigenvalue weighted by atomic mass is 9.98. The molecule has 1 atom stereocenters. The van der Waals surface area contributed by atoms with E-state index in [0.29, 0.717) is 12.8 Å². The zero-order chi connectivity index (χ0) is 24.3. The maximum Gasteiger partial charge on any atom is 0.407 e. The van der Waals surface area contributed by atoms with E-state index in [1.54, 1.807) is 0 Å². The SMILES string of the molecule is COC(=O)C[C@@H](NC(=O)C1(CNC(=O)OCC2c3ccccc3-c3ccccc32)CC1)C(=O)O. The third-order valence-electron chi connectivity index (χ3n) is 6.45. The van der Waals surface area contributed by atoms with Crippen LogP contribution in [0.2, 0.25) is 0 Å². The molecule has 9 heteroatoms. The minimum Gasteiger partial charge on any atom is -0.480 e. The molecule has 9 nitrogen and oxygen atoms in total. The first kappa shape index (κ1) is 23.3. The second-order valence-electron chi connectivity index (χ2n) is 8.60. The lowest BCUT2D eigenvalue weighted by Crippen LogP contribution is -2.48. The number of alkyl carbamates (subject to hydrolysis) is 1. The lowest BCUT2D eigenvalue weighted by molar-refractivity contribution is -0.149. The summed E-state index contributed by atoms with van der Waals surface area (Å²) in [4.78, 5) is 47.8. The van der Waals surface area contributed by atoms with Crippen LogP contribution < -0.4 is 10.6 Å². The molecule has 3 N–H and O–H groups in total. The zero-order valence-electron chi connectivity index (χ0n) is 18.7. The number of rotatable bonds is 9. The molecule has 178 valence electrons. The fourth-order valence-corrected chi connectivity index (χ4v) is 4.29. The van der Waals surface area contributed by atoms with Gasteiger partial charge in [0.25, 0.3) is 0 Å². The fraction of sp³-hybridized carbons (Fsp3) is 0.360. The van der Waals surface area contributed by atoms with Crippen LogP contribution >= 0.6 is 0 Å². The van der Waals surface area contributed by atoms with Crippen LogP contribution in [-0.2, 0) is 23.9 Å². The highest BCUT2D eigenvalue weighted by molar-refractivity contribution is 5.91. The zero-order valence-corrected chi connectivity index (χ0v) is 18.7. The average Bonchev–Trinajstić information content (AvgIpc) is 3.57. The Kier molecular flexibility index (Phi) is 6.54. The molecule has 1 saturated carbocycles. The van der Waals surface area contributed by atoms with Gasteiger partial charge in [-0.15, -0.1) is 0 Å². The number of hydrogen-bond acceptors (Lipinski definition) is 6. The first-order valence-electron chi connectivity index (χ1n) is 11.0. The van der Waals surface area contributed by atoms with Crippen LogP contribution in [0.15, 0.2) is 48.5 Å². The summed E-state index contributed by atoms with van der Waals surface area (Å²) in [5.41, 5.74) is 3.54. The molecule has 2 aliphatic carbocycles. The number of aliphatic carboxylic acids is 1. The molecule has 0 spiro atoms.